The largest absolute Gasteiger partial charge is 0.369 e. The lowest BCUT2D eigenvalue weighted by Crippen LogP contribution is -2.49. The monoisotopic (exact) mass is 354 g/mol. The molecule has 1 fully saturated rings. The van der Waals surface area contributed by atoms with E-state index < -0.39 is 0 Å². The van der Waals surface area contributed by atoms with E-state index in [-0.39, 0.29) is 11.9 Å². The average Bonchev–Trinajstić information content (AvgIpc) is 2.69. The molecule has 138 valence electrons. The number of anilines is 2. The van der Waals surface area contributed by atoms with Gasteiger partial charge in [0.25, 0.3) is 5.91 Å². The summed E-state index contributed by atoms with van der Waals surface area (Å²) in [5.74, 6) is 0.460. The molecule has 3 rings (SSSR count). The molecule has 1 aliphatic heterocycles. The smallest absolute Gasteiger partial charge is 0.271 e. The highest BCUT2D eigenvalue weighted by Gasteiger charge is 2.19. The summed E-state index contributed by atoms with van der Waals surface area (Å²) in [6, 6.07) is 14.3. The predicted molar refractivity (Wildman–Crippen MR) is 104 cm³/mol. The molecular weight excluding hydrogens is 328 g/mol. The molecule has 0 aliphatic carbocycles. The van der Waals surface area contributed by atoms with Crippen molar-refractivity contribution in [1.82, 2.24) is 20.4 Å². The molecule has 1 aromatic heterocycles. The number of rotatable bonds is 6. The second-order valence-corrected chi connectivity index (χ2v) is 6.55. The summed E-state index contributed by atoms with van der Waals surface area (Å²) in [5, 5.41) is 13.9. The van der Waals surface area contributed by atoms with Crippen LogP contribution in [0.1, 0.15) is 17.4 Å². The Bertz CT molecular complexity index is 698. The topological polar surface area (TPSA) is 73.4 Å². The zero-order valence-electron chi connectivity index (χ0n) is 15.4. The van der Waals surface area contributed by atoms with Crippen molar-refractivity contribution < 1.29 is 4.79 Å². The number of carbonyl (C=O) groups excluding carboxylic acids is 1. The van der Waals surface area contributed by atoms with Gasteiger partial charge in [0, 0.05) is 51.5 Å². The molecular formula is C19H26N6O. The first-order chi connectivity index (χ1) is 12.7. The highest BCUT2D eigenvalue weighted by atomic mass is 16.1. The van der Waals surface area contributed by atoms with Crippen LogP contribution in [-0.2, 0) is 0 Å². The Balaban J connectivity index is 1.45. The molecule has 0 spiro atoms. The summed E-state index contributed by atoms with van der Waals surface area (Å²) < 4.78 is 0. The minimum atomic E-state index is -0.228. The van der Waals surface area contributed by atoms with Gasteiger partial charge < -0.3 is 15.5 Å². The second-order valence-electron chi connectivity index (χ2n) is 6.55. The van der Waals surface area contributed by atoms with Gasteiger partial charge in [0.2, 0.25) is 0 Å². The molecule has 2 heterocycles. The molecule has 0 radical (unpaired) electrons. The van der Waals surface area contributed by atoms with Crippen molar-refractivity contribution >= 4 is 17.4 Å². The van der Waals surface area contributed by atoms with E-state index in [9.17, 15) is 4.79 Å². The SMILES string of the molecule is CNC(=O)c1ccc(NC(C)CN2CCN(c3ccccc3)CC2)nn1. The molecule has 1 saturated heterocycles. The number of hydrogen-bond acceptors (Lipinski definition) is 6. The van der Waals surface area contributed by atoms with Gasteiger partial charge in [-0.3, -0.25) is 9.69 Å². The summed E-state index contributed by atoms with van der Waals surface area (Å²) in [5.41, 5.74) is 1.62. The standard InChI is InChI=1S/C19H26N6O/c1-15(21-18-9-8-17(22-23-18)19(26)20-2)14-24-10-12-25(13-11-24)16-6-4-3-5-7-16/h3-9,15H,10-14H2,1-2H3,(H,20,26)(H,21,23). The van der Waals surface area contributed by atoms with Gasteiger partial charge in [0.15, 0.2) is 5.69 Å². The van der Waals surface area contributed by atoms with Gasteiger partial charge in [0.1, 0.15) is 5.82 Å². The van der Waals surface area contributed by atoms with E-state index in [4.69, 9.17) is 0 Å². The van der Waals surface area contributed by atoms with E-state index in [2.05, 4.69) is 67.9 Å². The molecule has 1 atom stereocenters. The number of benzene rings is 1. The van der Waals surface area contributed by atoms with Crippen LogP contribution in [0.25, 0.3) is 0 Å². The van der Waals surface area contributed by atoms with Gasteiger partial charge in [-0.1, -0.05) is 18.2 Å². The molecule has 7 heteroatoms. The van der Waals surface area contributed by atoms with Crippen molar-refractivity contribution in [3.8, 4) is 0 Å². The average molecular weight is 354 g/mol. The van der Waals surface area contributed by atoms with E-state index in [0.717, 1.165) is 32.7 Å². The Kier molecular flexibility index (Phi) is 6.01. The molecule has 1 amide bonds. The first-order valence-corrected chi connectivity index (χ1v) is 9.00. The van der Waals surface area contributed by atoms with Crippen molar-refractivity contribution in [3.63, 3.8) is 0 Å². The molecule has 2 aromatic rings. The van der Waals surface area contributed by atoms with Gasteiger partial charge in [-0.2, -0.15) is 0 Å². The van der Waals surface area contributed by atoms with Crippen molar-refractivity contribution in [2.45, 2.75) is 13.0 Å². The Morgan fingerprint density at radius 1 is 1.08 bits per heavy atom. The van der Waals surface area contributed by atoms with E-state index in [1.54, 1.807) is 19.2 Å². The summed E-state index contributed by atoms with van der Waals surface area (Å²) in [7, 11) is 1.58. The lowest BCUT2D eigenvalue weighted by molar-refractivity contribution is 0.0957. The third kappa shape index (κ3) is 4.70. The molecule has 0 bridgehead atoms. The number of nitrogens with one attached hydrogen (secondary N) is 2. The molecule has 2 N–H and O–H groups in total. The maximum absolute atomic E-state index is 11.5. The first kappa shape index (κ1) is 18.1. The quantitative estimate of drug-likeness (QED) is 0.818. The summed E-state index contributed by atoms with van der Waals surface area (Å²) in [6.45, 7) is 7.25. The minimum Gasteiger partial charge on any atom is -0.369 e. The van der Waals surface area contributed by atoms with E-state index in [1.807, 2.05) is 0 Å². The van der Waals surface area contributed by atoms with Crippen molar-refractivity contribution in [2.24, 2.45) is 0 Å². The van der Waals surface area contributed by atoms with Crippen LogP contribution in [0.3, 0.4) is 0 Å². The van der Waals surface area contributed by atoms with Crippen molar-refractivity contribution in [2.75, 3.05) is 50.0 Å². The van der Waals surface area contributed by atoms with Crippen LogP contribution >= 0.6 is 0 Å². The summed E-state index contributed by atoms with van der Waals surface area (Å²) in [4.78, 5) is 16.4. The fraction of sp³-hybridized carbons (Fsp3) is 0.421. The molecule has 7 nitrogen and oxygen atoms in total. The zero-order valence-corrected chi connectivity index (χ0v) is 15.4. The predicted octanol–water partition coefficient (Wildman–Crippen LogP) is 1.46. The van der Waals surface area contributed by atoms with E-state index in [1.165, 1.54) is 5.69 Å². The normalized spacial score (nSPS) is 16.2. The summed E-state index contributed by atoms with van der Waals surface area (Å²) in [6.07, 6.45) is 0. The highest BCUT2D eigenvalue weighted by molar-refractivity contribution is 5.91. The van der Waals surface area contributed by atoms with Gasteiger partial charge in [-0.15, -0.1) is 10.2 Å². The van der Waals surface area contributed by atoms with E-state index >= 15 is 0 Å². The first-order valence-electron chi connectivity index (χ1n) is 9.00. The van der Waals surface area contributed by atoms with Gasteiger partial charge in [-0.05, 0) is 31.2 Å². The Hall–Kier alpha value is -2.67. The van der Waals surface area contributed by atoms with Crippen molar-refractivity contribution in [3.05, 3.63) is 48.2 Å². The van der Waals surface area contributed by atoms with Crippen LogP contribution in [0.15, 0.2) is 42.5 Å². The molecule has 26 heavy (non-hydrogen) atoms. The van der Waals surface area contributed by atoms with Gasteiger partial charge in [-0.25, -0.2) is 0 Å². The number of para-hydroxylation sites is 1. The number of aromatic nitrogens is 2. The maximum Gasteiger partial charge on any atom is 0.271 e. The fourth-order valence-corrected chi connectivity index (χ4v) is 3.17. The molecule has 1 aliphatic rings. The number of nitrogens with zero attached hydrogens (tertiary/aromatic N) is 4. The van der Waals surface area contributed by atoms with Crippen molar-refractivity contribution in [1.29, 1.82) is 0 Å². The molecule has 1 aromatic carbocycles. The third-order valence-electron chi connectivity index (χ3n) is 4.54. The number of carbonyl (C=O) groups is 1. The Morgan fingerprint density at radius 3 is 2.42 bits per heavy atom. The van der Waals surface area contributed by atoms with Gasteiger partial charge >= 0.3 is 0 Å². The van der Waals surface area contributed by atoms with Crippen LogP contribution in [0.4, 0.5) is 11.5 Å². The second kappa shape index (κ2) is 8.62. The maximum atomic E-state index is 11.5. The lowest BCUT2D eigenvalue weighted by atomic mass is 10.2. The minimum absolute atomic E-state index is 0.228. The lowest BCUT2D eigenvalue weighted by Gasteiger charge is -2.37. The van der Waals surface area contributed by atoms with Gasteiger partial charge in [0.05, 0.1) is 0 Å². The zero-order chi connectivity index (χ0) is 18.4. The third-order valence-corrected chi connectivity index (χ3v) is 4.54. The van der Waals surface area contributed by atoms with Crippen LogP contribution in [0.5, 0.6) is 0 Å². The number of amides is 1. The summed E-state index contributed by atoms with van der Waals surface area (Å²) >= 11 is 0. The Morgan fingerprint density at radius 2 is 1.81 bits per heavy atom. The fourth-order valence-electron chi connectivity index (χ4n) is 3.17. The van der Waals surface area contributed by atoms with Crippen LogP contribution in [0.2, 0.25) is 0 Å². The number of piperazine rings is 1. The van der Waals surface area contributed by atoms with Crippen LogP contribution in [0, 0.1) is 0 Å². The van der Waals surface area contributed by atoms with Crippen LogP contribution < -0.4 is 15.5 Å². The number of hydrogen-bond donors (Lipinski definition) is 2. The van der Waals surface area contributed by atoms with E-state index in [0.29, 0.717) is 11.5 Å². The highest BCUT2D eigenvalue weighted by Crippen LogP contribution is 2.16. The Labute approximate surface area is 154 Å². The molecule has 1 unspecified atom stereocenters. The van der Waals surface area contributed by atoms with Crippen LogP contribution in [-0.4, -0.2) is 66.8 Å². The molecule has 0 saturated carbocycles.